The predicted octanol–water partition coefficient (Wildman–Crippen LogP) is 3.09. The van der Waals surface area contributed by atoms with Gasteiger partial charge >= 0.3 is 0 Å². The van der Waals surface area contributed by atoms with Gasteiger partial charge in [-0.05, 0) is 19.8 Å². The van der Waals surface area contributed by atoms with Crippen molar-refractivity contribution in [2.45, 2.75) is 19.8 Å². The highest BCUT2D eigenvalue weighted by Crippen LogP contribution is 2.14. The molecule has 2 aromatic heterocycles. The first-order valence-corrected chi connectivity index (χ1v) is 6.23. The fourth-order valence-corrected chi connectivity index (χ4v) is 2.41. The summed E-state index contributed by atoms with van der Waals surface area (Å²) in [6.45, 7) is 2.03. The van der Waals surface area contributed by atoms with E-state index in [1.54, 1.807) is 22.7 Å². The SMILES string of the molecule is Cc1nc([CH]CCc2cncs2)cs1. The van der Waals surface area contributed by atoms with Crippen LogP contribution in [0.25, 0.3) is 0 Å². The molecule has 0 unspecified atom stereocenters. The molecule has 0 aromatic carbocycles. The lowest BCUT2D eigenvalue weighted by atomic mass is 10.2. The van der Waals surface area contributed by atoms with Gasteiger partial charge in [0.1, 0.15) is 0 Å². The van der Waals surface area contributed by atoms with Gasteiger partial charge in [-0.3, -0.25) is 4.98 Å². The number of hydrogen-bond donors (Lipinski definition) is 0. The first-order valence-electron chi connectivity index (χ1n) is 4.47. The first kappa shape index (κ1) is 9.80. The molecular formula is C10H11N2S2. The maximum Gasteiger partial charge on any atom is 0.0897 e. The summed E-state index contributed by atoms with van der Waals surface area (Å²) in [6, 6.07) is 0. The van der Waals surface area contributed by atoms with E-state index in [0.717, 1.165) is 23.5 Å². The fourth-order valence-electron chi connectivity index (χ4n) is 1.20. The summed E-state index contributed by atoms with van der Waals surface area (Å²) in [5.41, 5.74) is 2.99. The van der Waals surface area contributed by atoms with Crippen LogP contribution < -0.4 is 0 Å². The summed E-state index contributed by atoms with van der Waals surface area (Å²) >= 11 is 3.41. The quantitative estimate of drug-likeness (QED) is 0.796. The monoisotopic (exact) mass is 223 g/mol. The normalized spacial score (nSPS) is 10.6. The second-order valence-corrected chi connectivity index (χ2v) is 5.04. The molecule has 0 amide bonds. The summed E-state index contributed by atoms with van der Waals surface area (Å²) in [6.07, 6.45) is 6.24. The van der Waals surface area contributed by atoms with Crippen LogP contribution in [0.5, 0.6) is 0 Å². The summed E-state index contributed by atoms with van der Waals surface area (Å²) in [4.78, 5) is 9.76. The number of thiazole rings is 2. The van der Waals surface area contributed by atoms with Gasteiger partial charge in [-0.2, -0.15) is 0 Å². The molecule has 2 heterocycles. The Balaban J connectivity index is 1.78. The van der Waals surface area contributed by atoms with Gasteiger partial charge in [-0.1, -0.05) is 0 Å². The number of nitrogens with zero attached hydrogens (tertiary/aromatic N) is 2. The highest BCUT2D eigenvalue weighted by atomic mass is 32.1. The van der Waals surface area contributed by atoms with Crippen molar-refractivity contribution in [1.82, 2.24) is 9.97 Å². The van der Waals surface area contributed by atoms with Crippen molar-refractivity contribution in [3.8, 4) is 0 Å². The van der Waals surface area contributed by atoms with Crippen molar-refractivity contribution in [1.29, 1.82) is 0 Å². The van der Waals surface area contributed by atoms with E-state index < -0.39 is 0 Å². The molecule has 0 saturated carbocycles. The van der Waals surface area contributed by atoms with Crippen molar-refractivity contribution in [2.24, 2.45) is 0 Å². The van der Waals surface area contributed by atoms with E-state index in [0.29, 0.717) is 0 Å². The van der Waals surface area contributed by atoms with Crippen LogP contribution in [-0.2, 0) is 6.42 Å². The molecule has 0 fully saturated rings. The summed E-state index contributed by atoms with van der Waals surface area (Å²) < 4.78 is 0. The second kappa shape index (κ2) is 4.66. The molecule has 0 bridgehead atoms. The van der Waals surface area contributed by atoms with E-state index in [1.807, 2.05) is 18.6 Å². The van der Waals surface area contributed by atoms with E-state index in [2.05, 4.69) is 21.8 Å². The van der Waals surface area contributed by atoms with Crippen molar-refractivity contribution >= 4 is 22.7 Å². The van der Waals surface area contributed by atoms with Gasteiger partial charge in [0.05, 0.1) is 16.2 Å². The topological polar surface area (TPSA) is 25.8 Å². The van der Waals surface area contributed by atoms with Crippen LogP contribution in [0.4, 0.5) is 0 Å². The third kappa shape index (κ3) is 2.62. The smallest absolute Gasteiger partial charge is 0.0897 e. The molecule has 0 aliphatic carbocycles. The largest absolute Gasteiger partial charge is 0.253 e. The Labute approximate surface area is 91.7 Å². The van der Waals surface area contributed by atoms with Crippen molar-refractivity contribution in [2.75, 3.05) is 0 Å². The van der Waals surface area contributed by atoms with Gasteiger partial charge in [-0.25, -0.2) is 4.98 Å². The molecule has 2 nitrogen and oxygen atoms in total. The molecule has 4 heteroatoms. The summed E-state index contributed by atoms with van der Waals surface area (Å²) in [5.74, 6) is 0. The van der Waals surface area contributed by atoms with Gasteiger partial charge in [0, 0.05) is 22.9 Å². The Hall–Kier alpha value is -0.740. The Morgan fingerprint density at radius 3 is 3.00 bits per heavy atom. The lowest BCUT2D eigenvalue weighted by Gasteiger charge is -1.94. The molecule has 0 spiro atoms. The first-order chi connectivity index (χ1) is 6.84. The van der Waals surface area contributed by atoms with Crippen LogP contribution in [0.1, 0.15) is 22.0 Å². The van der Waals surface area contributed by atoms with Gasteiger partial charge in [-0.15, -0.1) is 22.7 Å². The summed E-state index contributed by atoms with van der Waals surface area (Å²) in [5, 5.41) is 3.23. The van der Waals surface area contributed by atoms with Gasteiger partial charge in [0.25, 0.3) is 0 Å². The lowest BCUT2D eigenvalue weighted by Crippen LogP contribution is -1.85. The van der Waals surface area contributed by atoms with E-state index in [9.17, 15) is 0 Å². The molecule has 14 heavy (non-hydrogen) atoms. The average Bonchev–Trinajstić information content (AvgIpc) is 2.77. The zero-order valence-corrected chi connectivity index (χ0v) is 9.57. The minimum absolute atomic E-state index is 1.05. The van der Waals surface area contributed by atoms with E-state index in [4.69, 9.17) is 0 Å². The Kier molecular flexibility index (Phi) is 3.26. The number of aromatic nitrogens is 2. The predicted molar refractivity (Wildman–Crippen MR) is 60.7 cm³/mol. The van der Waals surface area contributed by atoms with E-state index in [-0.39, 0.29) is 0 Å². The molecule has 2 aromatic rings. The minimum atomic E-state index is 1.05. The van der Waals surface area contributed by atoms with Crippen LogP contribution >= 0.6 is 22.7 Å². The van der Waals surface area contributed by atoms with Crippen LogP contribution in [0.2, 0.25) is 0 Å². The number of aryl methyl sites for hydroxylation is 2. The maximum absolute atomic E-state index is 4.38. The van der Waals surface area contributed by atoms with Crippen LogP contribution in [-0.4, -0.2) is 9.97 Å². The van der Waals surface area contributed by atoms with Crippen molar-refractivity contribution in [3.05, 3.63) is 39.1 Å². The molecule has 0 atom stereocenters. The second-order valence-electron chi connectivity index (χ2n) is 3.00. The molecule has 73 valence electrons. The van der Waals surface area contributed by atoms with Crippen molar-refractivity contribution < 1.29 is 0 Å². The molecule has 0 aliphatic heterocycles. The number of rotatable bonds is 4. The average molecular weight is 223 g/mol. The minimum Gasteiger partial charge on any atom is -0.253 e. The maximum atomic E-state index is 4.38. The zero-order chi connectivity index (χ0) is 9.80. The molecule has 0 saturated heterocycles. The van der Waals surface area contributed by atoms with Crippen LogP contribution in [0.15, 0.2) is 17.1 Å². The van der Waals surface area contributed by atoms with Crippen molar-refractivity contribution in [3.63, 3.8) is 0 Å². The van der Waals surface area contributed by atoms with Crippen LogP contribution in [0.3, 0.4) is 0 Å². The molecular weight excluding hydrogens is 212 g/mol. The van der Waals surface area contributed by atoms with E-state index >= 15 is 0 Å². The summed E-state index contributed by atoms with van der Waals surface area (Å²) in [7, 11) is 0. The van der Waals surface area contributed by atoms with Gasteiger partial charge < -0.3 is 0 Å². The van der Waals surface area contributed by atoms with Gasteiger partial charge in [0.2, 0.25) is 0 Å². The third-order valence-corrected chi connectivity index (χ3v) is 3.50. The Morgan fingerprint density at radius 1 is 1.43 bits per heavy atom. The molecule has 0 aliphatic rings. The van der Waals surface area contributed by atoms with Gasteiger partial charge in [0.15, 0.2) is 0 Å². The fraction of sp³-hybridized carbons (Fsp3) is 0.300. The Morgan fingerprint density at radius 2 is 2.36 bits per heavy atom. The van der Waals surface area contributed by atoms with E-state index in [1.165, 1.54) is 4.88 Å². The standard InChI is InChI=1S/C10H11N2S2/c1-8-12-9(6-13-8)3-2-4-10-5-11-7-14-10/h3,5-7H,2,4H2,1H3. The highest BCUT2D eigenvalue weighted by Gasteiger charge is 2.00. The van der Waals surface area contributed by atoms with Crippen LogP contribution in [0, 0.1) is 13.3 Å². The molecule has 2 rings (SSSR count). The lowest BCUT2D eigenvalue weighted by molar-refractivity contribution is 0.950. The molecule has 1 radical (unpaired) electrons. The number of hydrogen-bond acceptors (Lipinski definition) is 4. The highest BCUT2D eigenvalue weighted by molar-refractivity contribution is 7.09. The molecule has 0 N–H and O–H groups in total. The Bertz CT molecular complexity index is 378. The zero-order valence-electron chi connectivity index (χ0n) is 7.93. The third-order valence-electron chi connectivity index (χ3n) is 1.86.